The second-order valence-electron chi connectivity index (χ2n) is 6.90. The van der Waals surface area contributed by atoms with Crippen molar-refractivity contribution >= 4 is 22.4 Å². The van der Waals surface area contributed by atoms with Crippen LogP contribution in [0.4, 0.5) is 5.13 Å². The Bertz CT molecular complexity index is 1250. The van der Waals surface area contributed by atoms with Crippen molar-refractivity contribution in [2.24, 2.45) is 0 Å². The Morgan fingerprint density at radius 3 is 2.65 bits per heavy atom. The smallest absolute Gasteiger partial charge is 0.260 e. The molecule has 0 bridgehead atoms. The van der Waals surface area contributed by atoms with Crippen LogP contribution in [-0.2, 0) is 0 Å². The van der Waals surface area contributed by atoms with E-state index in [0.717, 1.165) is 22.5 Å². The molecule has 2 aromatic heterocycles. The average molecular weight is 435 g/mol. The average Bonchev–Trinajstić information content (AvgIpc) is 3.40. The van der Waals surface area contributed by atoms with E-state index in [1.807, 2.05) is 61.7 Å². The summed E-state index contributed by atoms with van der Waals surface area (Å²) in [4.78, 5) is 17.5. The predicted molar refractivity (Wildman–Crippen MR) is 122 cm³/mol. The molecule has 0 radical (unpaired) electrons. The van der Waals surface area contributed by atoms with Gasteiger partial charge in [-0.3, -0.25) is 10.1 Å². The summed E-state index contributed by atoms with van der Waals surface area (Å²) < 4.78 is 12.5. The number of hydrogen-bond acceptors (Lipinski definition) is 6. The molecule has 0 fully saturated rings. The molecule has 0 saturated heterocycles. The first-order valence-electron chi connectivity index (χ1n) is 9.61. The molecule has 0 aliphatic heterocycles. The third-order valence-electron chi connectivity index (χ3n) is 5.01. The number of nitrogens with zero attached hydrogens (tertiary/aromatic N) is 3. The number of rotatable bonds is 6. The van der Waals surface area contributed by atoms with Crippen LogP contribution < -0.4 is 14.8 Å². The minimum absolute atomic E-state index is 0.254. The minimum Gasteiger partial charge on any atom is -0.497 e. The molecule has 0 unspecified atom stereocenters. The third-order valence-corrected chi connectivity index (χ3v) is 5.76. The Labute approximate surface area is 184 Å². The molecule has 2 heterocycles. The zero-order chi connectivity index (χ0) is 22.0. The Balaban J connectivity index is 1.58. The number of thiazole rings is 1. The predicted octanol–water partition coefficient (Wildman–Crippen LogP) is 4.88. The van der Waals surface area contributed by atoms with E-state index in [4.69, 9.17) is 9.47 Å². The van der Waals surface area contributed by atoms with Crippen LogP contribution in [0.15, 0.2) is 54.0 Å². The number of hydrogen-bond donors (Lipinski definition) is 1. The highest BCUT2D eigenvalue weighted by molar-refractivity contribution is 7.14. The Hall–Kier alpha value is -3.65. The highest BCUT2D eigenvalue weighted by atomic mass is 32.1. The number of aromatic nitrogens is 3. The van der Waals surface area contributed by atoms with E-state index in [0.29, 0.717) is 27.9 Å². The first-order chi connectivity index (χ1) is 15.0. The number of benzene rings is 2. The molecular weight excluding hydrogens is 412 g/mol. The van der Waals surface area contributed by atoms with Gasteiger partial charge in [-0.25, -0.2) is 9.67 Å². The molecular formula is C23H22N4O3S. The van der Waals surface area contributed by atoms with Crippen molar-refractivity contribution in [1.82, 2.24) is 14.8 Å². The van der Waals surface area contributed by atoms with Crippen LogP contribution in [0.2, 0.25) is 0 Å². The molecule has 0 atom stereocenters. The van der Waals surface area contributed by atoms with Gasteiger partial charge in [0, 0.05) is 10.9 Å². The van der Waals surface area contributed by atoms with Crippen molar-refractivity contribution in [1.29, 1.82) is 0 Å². The highest BCUT2D eigenvalue weighted by Gasteiger charge is 2.18. The van der Waals surface area contributed by atoms with Gasteiger partial charge in [-0.2, -0.15) is 5.10 Å². The van der Waals surface area contributed by atoms with E-state index in [-0.39, 0.29) is 5.91 Å². The lowest BCUT2D eigenvalue weighted by Crippen LogP contribution is -2.13. The molecule has 1 N–H and O–H groups in total. The van der Waals surface area contributed by atoms with Crippen LogP contribution >= 0.6 is 11.3 Å². The third kappa shape index (κ3) is 4.02. The molecule has 0 saturated carbocycles. The van der Waals surface area contributed by atoms with Crippen molar-refractivity contribution in [2.45, 2.75) is 13.8 Å². The molecule has 31 heavy (non-hydrogen) atoms. The first-order valence-corrected chi connectivity index (χ1v) is 10.5. The van der Waals surface area contributed by atoms with E-state index in [2.05, 4.69) is 15.4 Å². The van der Waals surface area contributed by atoms with Gasteiger partial charge < -0.3 is 9.47 Å². The fourth-order valence-electron chi connectivity index (χ4n) is 3.31. The largest absolute Gasteiger partial charge is 0.497 e. The number of amides is 1. The summed E-state index contributed by atoms with van der Waals surface area (Å²) in [5.74, 6) is 1.13. The summed E-state index contributed by atoms with van der Waals surface area (Å²) >= 11 is 1.34. The summed E-state index contributed by atoms with van der Waals surface area (Å²) in [6, 6.07) is 13.4. The van der Waals surface area contributed by atoms with Crippen molar-refractivity contribution in [3.05, 3.63) is 70.9 Å². The normalized spacial score (nSPS) is 10.7. The molecule has 8 heteroatoms. The number of aryl methyl sites for hydroxylation is 1. The lowest BCUT2D eigenvalue weighted by atomic mass is 10.1. The minimum atomic E-state index is -0.254. The first kappa shape index (κ1) is 20.6. The quantitative estimate of drug-likeness (QED) is 0.468. The van der Waals surface area contributed by atoms with Gasteiger partial charge in [0.1, 0.15) is 11.5 Å². The molecule has 0 aliphatic carbocycles. The summed E-state index contributed by atoms with van der Waals surface area (Å²) in [5, 5.41) is 9.66. The lowest BCUT2D eigenvalue weighted by Gasteiger charge is -2.09. The number of nitrogens with one attached hydrogen (secondary N) is 1. The molecule has 4 rings (SSSR count). The number of methoxy groups -OCH3 is 2. The fraction of sp³-hybridized carbons (Fsp3) is 0.174. The van der Waals surface area contributed by atoms with Gasteiger partial charge in [0.2, 0.25) is 0 Å². The van der Waals surface area contributed by atoms with Gasteiger partial charge in [0.05, 0.1) is 43.1 Å². The number of para-hydroxylation sites is 1. The van der Waals surface area contributed by atoms with Gasteiger partial charge in [0.25, 0.3) is 5.91 Å². The number of ether oxygens (including phenoxy) is 2. The second-order valence-corrected chi connectivity index (χ2v) is 7.76. The summed E-state index contributed by atoms with van der Waals surface area (Å²) in [6.45, 7) is 3.89. The molecule has 158 valence electrons. The van der Waals surface area contributed by atoms with Crippen LogP contribution in [-0.4, -0.2) is 34.9 Å². The molecule has 4 aromatic rings. The zero-order valence-electron chi connectivity index (χ0n) is 17.7. The maximum absolute atomic E-state index is 12.9. The Morgan fingerprint density at radius 2 is 1.90 bits per heavy atom. The number of carbonyl (C=O) groups is 1. The van der Waals surface area contributed by atoms with Crippen LogP contribution in [0.5, 0.6) is 11.5 Å². The van der Waals surface area contributed by atoms with Crippen molar-refractivity contribution < 1.29 is 14.3 Å². The Morgan fingerprint density at radius 1 is 1.10 bits per heavy atom. The lowest BCUT2D eigenvalue weighted by molar-refractivity contribution is 0.102. The van der Waals surface area contributed by atoms with Gasteiger partial charge in [-0.15, -0.1) is 11.3 Å². The SMILES string of the molecule is COc1ccc(OC)c(-c2csc(NC(=O)c3cnn(-c4ccccc4C)c3C)n2)c1. The highest BCUT2D eigenvalue weighted by Crippen LogP contribution is 2.35. The van der Waals surface area contributed by atoms with Crippen LogP contribution in [0.25, 0.3) is 16.9 Å². The van der Waals surface area contributed by atoms with Crippen LogP contribution in [0.1, 0.15) is 21.6 Å². The van der Waals surface area contributed by atoms with Crippen LogP contribution in [0, 0.1) is 13.8 Å². The van der Waals surface area contributed by atoms with Gasteiger partial charge in [-0.05, 0) is 43.7 Å². The van der Waals surface area contributed by atoms with Gasteiger partial charge in [-0.1, -0.05) is 18.2 Å². The van der Waals surface area contributed by atoms with Gasteiger partial charge >= 0.3 is 0 Å². The molecule has 1 amide bonds. The molecule has 2 aromatic carbocycles. The monoisotopic (exact) mass is 434 g/mol. The summed E-state index contributed by atoms with van der Waals surface area (Å²) in [6.07, 6.45) is 1.58. The maximum atomic E-state index is 12.9. The van der Waals surface area contributed by atoms with Crippen molar-refractivity contribution in [2.75, 3.05) is 19.5 Å². The second kappa shape index (κ2) is 8.61. The van der Waals surface area contributed by atoms with E-state index >= 15 is 0 Å². The maximum Gasteiger partial charge on any atom is 0.260 e. The van der Waals surface area contributed by atoms with E-state index in [1.54, 1.807) is 25.1 Å². The number of carbonyl (C=O) groups excluding carboxylic acids is 1. The topological polar surface area (TPSA) is 78.3 Å². The van der Waals surface area contributed by atoms with Gasteiger partial charge in [0.15, 0.2) is 5.13 Å². The summed E-state index contributed by atoms with van der Waals surface area (Å²) in [7, 11) is 3.22. The molecule has 0 aliphatic rings. The van der Waals surface area contributed by atoms with E-state index < -0.39 is 0 Å². The standard InChI is InChI=1S/C23H22N4O3S/c1-14-7-5-6-8-20(14)27-15(2)18(12-24-27)22(28)26-23-25-19(13-31-23)17-11-16(29-3)9-10-21(17)30-4/h5-13H,1-4H3,(H,25,26,28). The van der Waals surface area contributed by atoms with Crippen molar-refractivity contribution in [3.63, 3.8) is 0 Å². The number of anilines is 1. The fourth-order valence-corrected chi connectivity index (χ4v) is 4.02. The summed E-state index contributed by atoms with van der Waals surface area (Å²) in [5.41, 5.74) is 4.78. The Kier molecular flexibility index (Phi) is 5.73. The molecule has 7 nitrogen and oxygen atoms in total. The van der Waals surface area contributed by atoms with Crippen molar-refractivity contribution in [3.8, 4) is 28.4 Å². The van der Waals surface area contributed by atoms with E-state index in [1.165, 1.54) is 11.3 Å². The van der Waals surface area contributed by atoms with E-state index in [9.17, 15) is 4.79 Å². The van der Waals surface area contributed by atoms with Crippen LogP contribution in [0.3, 0.4) is 0 Å². The molecule has 0 spiro atoms. The zero-order valence-corrected chi connectivity index (χ0v) is 18.5.